The van der Waals surface area contributed by atoms with E-state index in [0.717, 1.165) is 0 Å². The Bertz CT molecular complexity index is 748. The van der Waals surface area contributed by atoms with E-state index in [2.05, 4.69) is 9.97 Å². The third kappa shape index (κ3) is 2.47. The van der Waals surface area contributed by atoms with Crippen molar-refractivity contribution in [2.75, 3.05) is 13.7 Å². The second-order valence-corrected chi connectivity index (χ2v) is 5.60. The van der Waals surface area contributed by atoms with Gasteiger partial charge in [-0.25, -0.2) is 0 Å². The molecule has 1 atom stereocenters. The number of primary amides is 1. The summed E-state index contributed by atoms with van der Waals surface area (Å²) in [6.07, 6.45) is 5.60. The van der Waals surface area contributed by atoms with Gasteiger partial charge < -0.3 is 15.4 Å². The van der Waals surface area contributed by atoms with Crippen molar-refractivity contribution < 1.29 is 14.3 Å². The molecule has 0 saturated carbocycles. The fraction of sp³-hybridized carbons (Fsp3) is 0.294. The van der Waals surface area contributed by atoms with Crippen molar-refractivity contribution in [1.82, 2.24) is 14.9 Å². The van der Waals surface area contributed by atoms with Crippen LogP contribution in [-0.4, -0.2) is 40.3 Å². The number of hydrogen-bond acceptors (Lipinski definition) is 5. The van der Waals surface area contributed by atoms with Crippen LogP contribution in [-0.2, 0) is 10.3 Å². The topological polar surface area (TPSA) is 98.4 Å². The highest BCUT2D eigenvalue weighted by Gasteiger charge is 2.51. The van der Waals surface area contributed by atoms with Gasteiger partial charge in [-0.3, -0.25) is 19.6 Å². The predicted octanol–water partition coefficient (Wildman–Crippen LogP) is 1.10. The normalized spacial score (nSPS) is 20.0. The quantitative estimate of drug-likeness (QED) is 0.907. The van der Waals surface area contributed by atoms with Crippen LogP contribution in [0.2, 0.25) is 0 Å². The summed E-state index contributed by atoms with van der Waals surface area (Å²) in [7, 11) is 1.56. The molecule has 0 aliphatic carbocycles. The Labute approximate surface area is 139 Å². The highest BCUT2D eigenvalue weighted by Crippen LogP contribution is 2.38. The minimum atomic E-state index is -1.26. The molecule has 2 aromatic rings. The second kappa shape index (κ2) is 6.27. The number of amides is 2. The number of benzene rings is 1. The Hall–Kier alpha value is -2.96. The van der Waals surface area contributed by atoms with Crippen LogP contribution >= 0.6 is 0 Å². The van der Waals surface area contributed by atoms with E-state index in [1.54, 1.807) is 31.4 Å². The van der Waals surface area contributed by atoms with Crippen LogP contribution in [0.1, 0.15) is 28.9 Å². The zero-order chi connectivity index (χ0) is 17.2. The van der Waals surface area contributed by atoms with Crippen molar-refractivity contribution in [3.05, 3.63) is 54.1 Å². The van der Waals surface area contributed by atoms with Gasteiger partial charge in [0.15, 0.2) is 5.54 Å². The molecule has 124 valence electrons. The third-order valence-electron chi connectivity index (χ3n) is 4.36. The molecule has 24 heavy (non-hydrogen) atoms. The highest BCUT2D eigenvalue weighted by molar-refractivity contribution is 5.99. The number of rotatable bonds is 4. The Morgan fingerprint density at radius 2 is 2.00 bits per heavy atom. The maximum Gasteiger partial charge on any atom is 0.255 e. The maximum absolute atomic E-state index is 13.0. The predicted molar refractivity (Wildman–Crippen MR) is 86.2 cm³/mol. The summed E-state index contributed by atoms with van der Waals surface area (Å²) < 4.78 is 5.11. The number of likely N-dealkylation sites (tertiary alicyclic amines) is 1. The largest absolute Gasteiger partial charge is 0.497 e. The lowest BCUT2D eigenvalue weighted by molar-refractivity contribution is -0.128. The number of nitrogens with zero attached hydrogens (tertiary/aromatic N) is 3. The summed E-state index contributed by atoms with van der Waals surface area (Å²) >= 11 is 0. The van der Waals surface area contributed by atoms with Gasteiger partial charge in [0.05, 0.1) is 19.0 Å². The summed E-state index contributed by atoms with van der Waals surface area (Å²) in [6.45, 7) is 0.435. The van der Waals surface area contributed by atoms with Crippen LogP contribution in [0, 0.1) is 0 Å². The van der Waals surface area contributed by atoms with Gasteiger partial charge in [-0.1, -0.05) is 0 Å². The summed E-state index contributed by atoms with van der Waals surface area (Å²) in [4.78, 5) is 35.0. The highest BCUT2D eigenvalue weighted by atomic mass is 16.5. The Kier molecular flexibility index (Phi) is 4.16. The van der Waals surface area contributed by atoms with E-state index in [9.17, 15) is 9.59 Å². The van der Waals surface area contributed by atoms with Crippen molar-refractivity contribution in [2.45, 2.75) is 18.4 Å². The monoisotopic (exact) mass is 326 g/mol. The average Bonchev–Trinajstić information content (AvgIpc) is 3.08. The van der Waals surface area contributed by atoms with Gasteiger partial charge in [-0.15, -0.1) is 0 Å². The molecule has 2 heterocycles. The van der Waals surface area contributed by atoms with Gasteiger partial charge in [0.1, 0.15) is 5.75 Å². The summed E-state index contributed by atoms with van der Waals surface area (Å²) in [5, 5.41) is 0. The Morgan fingerprint density at radius 1 is 1.25 bits per heavy atom. The lowest BCUT2D eigenvalue weighted by Gasteiger charge is -2.35. The van der Waals surface area contributed by atoms with E-state index < -0.39 is 11.4 Å². The molecule has 0 radical (unpaired) electrons. The van der Waals surface area contributed by atoms with E-state index in [-0.39, 0.29) is 5.91 Å². The third-order valence-corrected chi connectivity index (χ3v) is 4.36. The molecule has 1 aliphatic heterocycles. The minimum Gasteiger partial charge on any atom is -0.497 e. The maximum atomic E-state index is 13.0. The first-order chi connectivity index (χ1) is 11.6. The fourth-order valence-electron chi connectivity index (χ4n) is 3.14. The smallest absolute Gasteiger partial charge is 0.255 e. The van der Waals surface area contributed by atoms with Crippen molar-refractivity contribution in [2.24, 2.45) is 5.73 Å². The van der Waals surface area contributed by atoms with Gasteiger partial charge >= 0.3 is 0 Å². The molecule has 0 spiro atoms. The van der Waals surface area contributed by atoms with E-state index in [1.165, 1.54) is 23.5 Å². The fourth-order valence-corrected chi connectivity index (χ4v) is 3.14. The van der Waals surface area contributed by atoms with Crippen LogP contribution in [0.4, 0.5) is 0 Å². The van der Waals surface area contributed by atoms with E-state index in [4.69, 9.17) is 10.5 Å². The molecule has 0 bridgehead atoms. The van der Waals surface area contributed by atoms with E-state index in [1.807, 2.05) is 0 Å². The van der Waals surface area contributed by atoms with Crippen molar-refractivity contribution in [1.29, 1.82) is 0 Å². The molecule has 1 aromatic heterocycles. The average molecular weight is 326 g/mol. The summed E-state index contributed by atoms with van der Waals surface area (Å²) in [5.41, 5.74) is 5.30. The van der Waals surface area contributed by atoms with Gasteiger partial charge in [0.25, 0.3) is 5.91 Å². The molecule has 1 aliphatic rings. The van der Waals surface area contributed by atoms with E-state index >= 15 is 0 Å². The lowest BCUT2D eigenvalue weighted by Crippen LogP contribution is -2.54. The molecular formula is C17H18N4O3. The number of carbonyl (C=O) groups is 2. The molecule has 1 aromatic carbocycles. The molecule has 1 unspecified atom stereocenters. The zero-order valence-corrected chi connectivity index (χ0v) is 13.3. The molecule has 1 saturated heterocycles. The molecule has 1 fully saturated rings. The second-order valence-electron chi connectivity index (χ2n) is 5.60. The number of aromatic nitrogens is 2. The number of methoxy groups -OCH3 is 1. The van der Waals surface area contributed by atoms with Crippen LogP contribution in [0.3, 0.4) is 0 Å². The van der Waals surface area contributed by atoms with E-state index in [0.29, 0.717) is 36.4 Å². The molecule has 3 rings (SSSR count). The first-order valence-corrected chi connectivity index (χ1v) is 7.62. The number of nitrogens with two attached hydrogens (primary N) is 1. The van der Waals surface area contributed by atoms with Crippen LogP contribution < -0.4 is 10.5 Å². The standard InChI is InChI=1S/C17H18N4O3/c1-24-13-5-3-12(4-6-13)15(22)21-10-2-7-17(21,16(18)23)14-11-19-8-9-20-14/h3-6,8-9,11H,2,7,10H2,1H3,(H2,18,23). The molecule has 2 N–H and O–H groups in total. The van der Waals surface area contributed by atoms with Crippen molar-refractivity contribution >= 4 is 11.8 Å². The van der Waals surface area contributed by atoms with Crippen LogP contribution in [0.15, 0.2) is 42.9 Å². The number of carbonyl (C=O) groups excluding carboxylic acids is 2. The SMILES string of the molecule is COc1ccc(C(=O)N2CCCC2(C(N)=O)c2cnccn2)cc1. The van der Waals surface area contributed by atoms with Crippen LogP contribution in [0.25, 0.3) is 0 Å². The molecular weight excluding hydrogens is 308 g/mol. The summed E-state index contributed by atoms with van der Waals surface area (Å²) in [6, 6.07) is 6.75. The van der Waals surface area contributed by atoms with Gasteiger partial charge in [0.2, 0.25) is 5.91 Å². The van der Waals surface area contributed by atoms with Gasteiger partial charge in [0, 0.05) is 24.5 Å². The number of hydrogen-bond donors (Lipinski definition) is 1. The van der Waals surface area contributed by atoms with Gasteiger partial charge in [-0.2, -0.15) is 0 Å². The molecule has 7 heteroatoms. The summed E-state index contributed by atoms with van der Waals surface area (Å²) in [5.74, 6) is -0.204. The van der Waals surface area contributed by atoms with Crippen LogP contribution in [0.5, 0.6) is 5.75 Å². The molecule has 7 nitrogen and oxygen atoms in total. The Morgan fingerprint density at radius 3 is 2.58 bits per heavy atom. The first kappa shape index (κ1) is 15.9. The zero-order valence-electron chi connectivity index (χ0n) is 13.3. The molecule has 2 amide bonds. The Balaban J connectivity index is 2.01. The van der Waals surface area contributed by atoms with Crippen molar-refractivity contribution in [3.8, 4) is 5.75 Å². The lowest BCUT2D eigenvalue weighted by atomic mass is 9.90. The minimum absolute atomic E-state index is 0.264. The van der Waals surface area contributed by atoms with Gasteiger partial charge in [-0.05, 0) is 37.1 Å². The number of ether oxygens (including phenoxy) is 1. The first-order valence-electron chi connectivity index (χ1n) is 7.62. The van der Waals surface area contributed by atoms with Crippen molar-refractivity contribution in [3.63, 3.8) is 0 Å².